The Morgan fingerprint density at radius 1 is 1.10 bits per heavy atom. The average Bonchev–Trinajstić information content (AvgIpc) is 2.49. The Balaban J connectivity index is 2.61. The molecule has 0 fully saturated rings. The van der Waals surface area contributed by atoms with Crippen LogP contribution in [0.4, 0.5) is 4.39 Å². The minimum atomic E-state index is -0.245. The lowest BCUT2D eigenvalue weighted by atomic mass is 9.97. The topological polar surface area (TPSA) is 30.5 Å². The highest BCUT2D eigenvalue weighted by molar-refractivity contribution is 14.1. The summed E-state index contributed by atoms with van der Waals surface area (Å²) < 4.78 is 25.1. The normalized spacial score (nSPS) is 12.0. The van der Waals surface area contributed by atoms with Crippen LogP contribution in [0.5, 0.6) is 11.5 Å². The SMILES string of the molecule is CNC(c1ccc(F)cc1I)c1c(OC)cccc1OC. The number of hydrogen-bond acceptors (Lipinski definition) is 3. The van der Waals surface area contributed by atoms with E-state index in [2.05, 4.69) is 27.9 Å². The van der Waals surface area contributed by atoms with E-state index >= 15 is 0 Å². The Kier molecular flexibility index (Phi) is 5.41. The molecule has 0 heterocycles. The van der Waals surface area contributed by atoms with Crippen LogP contribution < -0.4 is 14.8 Å². The molecule has 0 saturated heterocycles. The van der Waals surface area contributed by atoms with Gasteiger partial charge in [0.2, 0.25) is 0 Å². The molecule has 0 radical (unpaired) electrons. The molecule has 0 aliphatic rings. The molecule has 2 aromatic carbocycles. The summed E-state index contributed by atoms with van der Waals surface area (Å²) in [4.78, 5) is 0. The summed E-state index contributed by atoms with van der Waals surface area (Å²) in [6.45, 7) is 0. The van der Waals surface area contributed by atoms with Gasteiger partial charge in [0.15, 0.2) is 0 Å². The molecule has 0 aliphatic carbocycles. The second-order valence-corrected chi connectivity index (χ2v) is 5.63. The summed E-state index contributed by atoms with van der Waals surface area (Å²) in [7, 11) is 5.11. The first kappa shape index (κ1) is 16.0. The molecule has 0 aromatic heterocycles. The Labute approximate surface area is 137 Å². The van der Waals surface area contributed by atoms with Crippen LogP contribution in [0.1, 0.15) is 17.2 Å². The predicted octanol–water partition coefficient (Wildman–Crippen LogP) is 3.76. The largest absolute Gasteiger partial charge is 0.496 e. The van der Waals surface area contributed by atoms with Crippen LogP contribution >= 0.6 is 22.6 Å². The van der Waals surface area contributed by atoms with E-state index in [0.717, 1.165) is 26.2 Å². The Morgan fingerprint density at radius 3 is 2.19 bits per heavy atom. The molecule has 1 N–H and O–H groups in total. The second kappa shape index (κ2) is 7.09. The highest BCUT2D eigenvalue weighted by Crippen LogP contribution is 2.38. The monoisotopic (exact) mass is 401 g/mol. The fourth-order valence-electron chi connectivity index (χ4n) is 2.36. The van der Waals surface area contributed by atoms with Crippen molar-refractivity contribution < 1.29 is 13.9 Å². The molecular weight excluding hydrogens is 384 g/mol. The number of rotatable bonds is 5. The number of halogens is 2. The minimum absolute atomic E-state index is 0.149. The number of ether oxygens (including phenoxy) is 2. The summed E-state index contributed by atoms with van der Waals surface area (Å²) >= 11 is 2.14. The molecule has 5 heteroatoms. The number of benzene rings is 2. The van der Waals surface area contributed by atoms with Gasteiger partial charge in [-0.15, -0.1) is 0 Å². The van der Waals surface area contributed by atoms with Gasteiger partial charge in [-0.1, -0.05) is 12.1 Å². The zero-order valence-corrected chi connectivity index (χ0v) is 14.3. The van der Waals surface area contributed by atoms with Gasteiger partial charge in [0.25, 0.3) is 0 Å². The maximum absolute atomic E-state index is 13.3. The van der Waals surface area contributed by atoms with Crippen molar-refractivity contribution in [1.29, 1.82) is 0 Å². The molecule has 0 saturated carbocycles. The fourth-order valence-corrected chi connectivity index (χ4v) is 3.14. The molecule has 1 atom stereocenters. The molecule has 112 valence electrons. The third-order valence-electron chi connectivity index (χ3n) is 3.32. The van der Waals surface area contributed by atoms with Crippen molar-refractivity contribution in [1.82, 2.24) is 5.32 Å². The van der Waals surface area contributed by atoms with Gasteiger partial charge in [-0.05, 0) is 59.5 Å². The van der Waals surface area contributed by atoms with E-state index in [1.54, 1.807) is 20.3 Å². The molecule has 0 bridgehead atoms. The number of methoxy groups -OCH3 is 2. The van der Waals surface area contributed by atoms with Crippen molar-refractivity contribution in [2.75, 3.05) is 21.3 Å². The van der Waals surface area contributed by atoms with Crippen molar-refractivity contribution in [3.05, 3.63) is 56.9 Å². The standard InChI is InChI=1S/C16H17FINO2/c1-19-16(11-8-7-10(17)9-12(11)18)15-13(20-2)5-4-6-14(15)21-3/h4-9,16,19H,1-3H3. The molecule has 2 rings (SSSR count). The van der Waals surface area contributed by atoms with E-state index in [1.165, 1.54) is 12.1 Å². The van der Waals surface area contributed by atoms with Crippen LogP contribution in [0, 0.1) is 9.39 Å². The molecule has 2 aromatic rings. The Morgan fingerprint density at radius 2 is 1.71 bits per heavy atom. The smallest absolute Gasteiger partial charge is 0.127 e. The highest BCUT2D eigenvalue weighted by atomic mass is 127. The van der Waals surface area contributed by atoms with Crippen LogP contribution in [0.3, 0.4) is 0 Å². The van der Waals surface area contributed by atoms with Gasteiger partial charge in [0.1, 0.15) is 17.3 Å². The third-order valence-corrected chi connectivity index (χ3v) is 4.25. The average molecular weight is 401 g/mol. The highest BCUT2D eigenvalue weighted by Gasteiger charge is 2.23. The summed E-state index contributed by atoms with van der Waals surface area (Å²) in [5.41, 5.74) is 1.87. The van der Waals surface area contributed by atoms with E-state index in [4.69, 9.17) is 9.47 Å². The van der Waals surface area contributed by atoms with E-state index in [-0.39, 0.29) is 11.9 Å². The number of hydrogen-bond donors (Lipinski definition) is 1. The minimum Gasteiger partial charge on any atom is -0.496 e. The maximum atomic E-state index is 13.3. The van der Waals surface area contributed by atoms with Gasteiger partial charge in [0, 0.05) is 3.57 Å². The first-order valence-electron chi connectivity index (χ1n) is 6.45. The van der Waals surface area contributed by atoms with Crippen molar-refractivity contribution in [3.63, 3.8) is 0 Å². The van der Waals surface area contributed by atoms with Crippen molar-refractivity contribution in [2.24, 2.45) is 0 Å². The summed E-state index contributed by atoms with van der Waals surface area (Å²) in [6, 6.07) is 10.3. The van der Waals surface area contributed by atoms with Crippen LogP contribution in [-0.2, 0) is 0 Å². The van der Waals surface area contributed by atoms with Crippen molar-refractivity contribution in [2.45, 2.75) is 6.04 Å². The Hall–Kier alpha value is -1.34. The van der Waals surface area contributed by atoms with Gasteiger partial charge in [0.05, 0.1) is 25.8 Å². The number of nitrogens with one attached hydrogen (secondary N) is 1. The third kappa shape index (κ3) is 3.29. The van der Waals surface area contributed by atoms with E-state index < -0.39 is 0 Å². The van der Waals surface area contributed by atoms with Crippen molar-refractivity contribution >= 4 is 22.6 Å². The molecule has 0 spiro atoms. The van der Waals surface area contributed by atoms with Crippen molar-refractivity contribution in [3.8, 4) is 11.5 Å². The second-order valence-electron chi connectivity index (χ2n) is 4.46. The zero-order valence-electron chi connectivity index (χ0n) is 12.1. The maximum Gasteiger partial charge on any atom is 0.127 e. The fraction of sp³-hybridized carbons (Fsp3) is 0.250. The first-order valence-corrected chi connectivity index (χ1v) is 7.53. The van der Waals surface area contributed by atoms with Gasteiger partial charge >= 0.3 is 0 Å². The van der Waals surface area contributed by atoms with Gasteiger partial charge in [-0.3, -0.25) is 0 Å². The van der Waals surface area contributed by atoms with E-state index in [1.807, 2.05) is 25.2 Å². The van der Waals surface area contributed by atoms with Gasteiger partial charge < -0.3 is 14.8 Å². The molecule has 0 aliphatic heterocycles. The lowest BCUT2D eigenvalue weighted by molar-refractivity contribution is 0.378. The van der Waals surface area contributed by atoms with Gasteiger partial charge in [-0.2, -0.15) is 0 Å². The molecule has 0 amide bonds. The van der Waals surface area contributed by atoms with E-state index in [0.29, 0.717) is 0 Å². The van der Waals surface area contributed by atoms with E-state index in [9.17, 15) is 4.39 Å². The first-order chi connectivity index (χ1) is 10.1. The Bertz CT molecular complexity index is 611. The van der Waals surface area contributed by atoms with Crippen LogP contribution in [0.25, 0.3) is 0 Å². The van der Waals surface area contributed by atoms with Crippen LogP contribution in [0.2, 0.25) is 0 Å². The summed E-state index contributed by atoms with van der Waals surface area (Å²) in [5, 5.41) is 3.26. The molecular formula is C16H17FINO2. The van der Waals surface area contributed by atoms with Crippen LogP contribution in [0.15, 0.2) is 36.4 Å². The molecule has 1 unspecified atom stereocenters. The summed E-state index contributed by atoms with van der Waals surface area (Å²) in [6.07, 6.45) is 0. The zero-order chi connectivity index (χ0) is 15.4. The van der Waals surface area contributed by atoms with Gasteiger partial charge in [-0.25, -0.2) is 4.39 Å². The quantitative estimate of drug-likeness (QED) is 0.775. The predicted molar refractivity (Wildman–Crippen MR) is 89.6 cm³/mol. The molecule has 21 heavy (non-hydrogen) atoms. The lowest BCUT2D eigenvalue weighted by Gasteiger charge is -2.23. The summed E-state index contributed by atoms with van der Waals surface area (Å²) in [5.74, 6) is 1.22. The lowest BCUT2D eigenvalue weighted by Crippen LogP contribution is -2.20. The van der Waals surface area contributed by atoms with Crippen LogP contribution in [-0.4, -0.2) is 21.3 Å². The molecule has 3 nitrogen and oxygen atoms in total.